The molecule has 0 aliphatic carbocycles. The fourth-order valence-corrected chi connectivity index (χ4v) is 8.64. The number of likely N-dealkylation sites (tertiary alicyclic amines) is 1. The van der Waals surface area contributed by atoms with E-state index >= 15 is 0 Å². The highest BCUT2D eigenvalue weighted by atomic mass is 35.5. The van der Waals surface area contributed by atoms with Crippen LogP contribution in [0.25, 0.3) is 21.9 Å². The summed E-state index contributed by atoms with van der Waals surface area (Å²) in [7, 11) is -2.34. The quantitative estimate of drug-likeness (QED) is 0.271. The number of carbonyl (C=O) groups excluding carboxylic acids is 1. The number of hydrogen-bond acceptors (Lipinski definition) is 7. The van der Waals surface area contributed by atoms with Gasteiger partial charge in [-0.15, -0.1) is 0 Å². The lowest BCUT2D eigenvalue weighted by Crippen LogP contribution is -2.55. The minimum atomic E-state index is -4.48. The number of rotatable bonds is 6. The number of aromatic nitrogens is 3. The van der Waals surface area contributed by atoms with E-state index in [0.717, 1.165) is 43.0 Å². The van der Waals surface area contributed by atoms with Crippen molar-refractivity contribution in [3.05, 3.63) is 106 Å². The van der Waals surface area contributed by atoms with Crippen molar-refractivity contribution in [1.29, 1.82) is 0 Å². The SMILES string of the molecule is CN1CCC(N2CCN(C(=O)C(c3ccccc3)n3c(=O)n(S(=O)(=O)c4cccc5cccnc45)c4cc(Cl)ccc43)CC2)CC1. The first-order valence-electron chi connectivity index (χ1n) is 15.5. The topological polar surface area (TPSA) is 101 Å². The molecule has 0 N–H and O–H groups in total. The van der Waals surface area contributed by atoms with Crippen LogP contribution in [0.4, 0.5) is 0 Å². The molecule has 0 bridgehead atoms. The third-order valence-corrected chi connectivity index (χ3v) is 11.3. The van der Waals surface area contributed by atoms with Gasteiger partial charge in [-0.3, -0.25) is 19.2 Å². The van der Waals surface area contributed by atoms with Crippen LogP contribution in [0.3, 0.4) is 0 Å². The van der Waals surface area contributed by atoms with E-state index in [1.807, 2.05) is 18.2 Å². The molecule has 7 rings (SSSR count). The molecule has 0 radical (unpaired) electrons. The molecule has 4 heterocycles. The van der Waals surface area contributed by atoms with Crippen LogP contribution in [-0.4, -0.2) is 94.9 Å². The third-order valence-electron chi connectivity index (χ3n) is 9.35. The lowest BCUT2D eigenvalue weighted by molar-refractivity contribution is -0.135. The number of nitrogens with zero attached hydrogens (tertiary/aromatic N) is 6. The van der Waals surface area contributed by atoms with Gasteiger partial charge in [-0.1, -0.05) is 60.1 Å². The number of pyridine rings is 1. The van der Waals surface area contributed by atoms with E-state index in [2.05, 4.69) is 21.8 Å². The average molecular weight is 659 g/mol. The maximum Gasteiger partial charge on any atom is 0.344 e. The zero-order valence-electron chi connectivity index (χ0n) is 25.5. The number of amides is 1. The van der Waals surface area contributed by atoms with E-state index in [4.69, 9.17) is 11.6 Å². The lowest BCUT2D eigenvalue weighted by Gasteiger charge is -2.42. The smallest absolute Gasteiger partial charge is 0.338 e. The molecule has 2 aliphatic rings. The van der Waals surface area contributed by atoms with Crippen molar-refractivity contribution < 1.29 is 13.2 Å². The fourth-order valence-electron chi connectivity index (χ4n) is 6.91. The van der Waals surface area contributed by atoms with Crippen LogP contribution in [0.15, 0.2) is 94.7 Å². The second kappa shape index (κ2) is 12.3. The summed E-state index contributed by atoms with van der Waals surface area (Å²) in [5.74, 6) is -0.255. The Labute approximate surface area is 272 Å². The molecule has 10 nitrogen and oxygen atoms in total. The van der Waals surface area contributed by atoms with E-state index < -0.39 is 21.8 Å². The van der Waals surface area contributed by atoms with Crippen molar-refractivity contribution in [2.24, 2.45) is 0 Å². The Balaban J connectivity index is 1.33. The van der Waals surface area contributed by atoms with E-state index in [0.29, 0.717) is 35.6 Å². The van der Waals surface area contributed by atoms with Crippen LogP contribution in [0.5, 0.6) is 0 Å². The number of para-hydroxylation sites is 1. The van der Waals surface area contributed by atoms with Crippen molar-refractivity contribution >= 4 is 49.5 Å². The molecule has 0 spiro atoms. The maximum atomic E-state index is 14.5. The molecule has 3 aromatic carbocycles. The zero-order valence-corrected chi connectivity index (χ0v) is 27.1. The number of benzene rings is 3. The number of piperidine rings is 1. The minimum absolute atomic E-state index is 0.0891. The van der Waals surface area contributed by atoms with Gasteiger partial charge in [0.25, 0.3) is 15.9 Å². The van der Waals surface area contributed by atoms with Crippen molar-refractivity contribution in [1.82, 2.24) is 28.2 Å². The summed E-state index contributed by atoms with van der Waals surface area (Å²) in [6.07, 6.45) is 3.73. The summed E-state index contributed by atoms with van der Waals surface area (Å²) in [5.41, 5.74) is 0.366. The first kappa shape index (κ1) is 30.6. The first-order chi connectivity index (χ1) is 22.2. The normalized spacial score (nSPS) is 17.9. The second-order valence-electron chi connectivity index (χ2n) is 12.1. The Bertz CT molecular complexity index is 2080. The van der Waals surface area contributed by atoms with Gasteiger partial charge in [0, 0.05) is 48.8 Å². The van der Waals surface area contributed by atoms with Gasteiger partial charge in [-0.2, -0.15) is 3.97 Å². The van der Waals surface area contributed by atoms with E-state index in [9.17, 15) is 18.0 Å². The number of carbonyl (C=O) groups is 1. The van der Waals surface area contributed by atoms with Gasteiger partial charge < -0.3 is 9.80 Å². The average Bonchev–Trinajstić information content (AvgIpc) is 3.36. The van der Waals surface area contributed by atoms with Crippen molar-refractivity contribution in [3.63, 3.8) is 0 Å². The molecule has 5 aromatic rings. The number of hydrogen-bond donors (Lipinski definition) is 0. The molecule has 2 saturated heterocycles. The predicted molar refractivity (Wildman–Crippen MR) is 179 cm³/mol. The summed E-state index contributed by atoms with van der Waals surface area (Å²) < 4.78 is 30.9. The number of fused-ring (bicyclic) bond motifs is 2. The summed E-state index contributed by atoms with van der Waals surface area (Å²) in [4.78, 5) is 39.9. The Hall–Kier alpha value is -4.03. The van der Waals surface area contributed by atoms with Crippen LogP contribution in [0, 0.1) is 0 Å². The molecule has 46 heavy (non-hydrogen) atoms. The van der Waals surface area contributed by atoms with Gasteiger partial charge in [-0.25, -0.2) is 13.2 Å². The number of halogens is 1. The zero-order chi connectivity index (χ0) is 32.0. The van der Waals surface area contributed by atoms with Crippen molar-refractivity contribution in [2.45, 2.75) is 29.8 Å². The van der Waals surface area contributed by atoms with Gasteiger partial charge >= 0.3 is 5.69 Å². The summed E-state index contributed by atoms with van der Waals surface area (Å²) in [6.45, 7) is 4.66. The predicted octanol–water partition coefficient (Wildman–Crippen LogP) is 4.07. The Morgan fingerprint density at radius 1 is 0.870 bits per heavy atom. The molecule has 1 atom stereocenters. The lowest BCUT2D eigenvalue weighted by atomic mass is 10.0. The molecule has 1 unspecified atom stereocenters. The summed E-state index contributed by atoms with van der Waals surface area (Å²) >= 11 is 6.40. The highest BCUT2D eigenvalue weighted by Crippen LogP contribution is 2.31. The third kappa shape index (κ3) is 5.41. The second-order valence-corrected chi connectivity index (χ2v) is 14.3. The largest absolute Gasteiger partial charge is 0.344 e. The van der Waals surface area contributed by atoms with Crippen LogP contribution < -0.4 is 5.69 Å². The van der Waals surface area contributed by atoms with E-state index in [1.54, 1.807) is 53.4 Å². The van der Waals surface area contributed by atoms with Crippen LogP contribution in [-0.2, 0) is 14.8 Å². The monoisotopic (exact) mass is 658 g/mol. The molecular weight excluding hydrogens is 624 g/mol. The summed E-state index contributed by atoms with van der Waals surface area (Å²) in [6, 6.07) is 21.4. The first-order valence-corrected chi connectivity index (χ1v) is 17.3. The Morgan fingerprint density at radius 3 is 2.33 bits per heavy atom. The molecular formula is C34H35ClN6O4S. The van der Waals surface area contributed by atoms with Crippen molar-refractivity contribution in [3.8, 4) is 0 Å². The van der Waals surface area contributed by atoms with Crippen LogP contribution in [0.1, 0.15) is 24.4 Å². The molecule has 1 amide bonds. The molecule has 2 aromatic heterocycles. The molecule has 238 valence electrons. The van der Waals surface area contributed by atoms with E-state index in [-0.39, 0.29) is 26.9 Å². The maximum absolute atomic E-state index is 14.5. The van der Waals surface area contributed by atoms with Gasteiger partial charge in [-0.05, 0) is 68.9 Å². The van der Waals surface area contributed by atoms with Crippen LogP contribution in [0.2, 0.25) is 5.02 Å². The molecule has 12 heteroatoms. The van der Waals surface area contributed by atoms with Gasteiger partial charge in [0.2, 0.25) is 0 Å². The molecule has 2 fully saturated rings. The number of piperazine rings is 1. The van der Waals surface area contributed by atoms with Crippen molar-refractivity contribution in [2.75, 3.05) is 46.3 Å². The summed E-state index contributed by atoms with van der Waals surface area (Å²) in [5, 5.41) is 0.882. The highest BCUT2D eigenvalue weighted by Gasteiger charge is 2.37. The highest BCUT2D eigenvalue weighted by molar-refractivity contribution is 7.90. The molecule has 2 aliphatic heterocycles. The Morgan fingerprint density at radius 2 is 1.59 bits per heavy atom. The van der Waals surface area contributed by atoms with Crippen LogP contribution >= 0.6 is 11.6 Å². The molecule has 0 saturated carbocycles. The Kier molecular flexibility index (Phi) is 8.18. The minimum Gasteiger partial charge on any atom is -0.338 e. The van der Waals surface area contributed by atoms with Gasteiger partial charge in [0.1, 0.15) is 10.9 Å². The fraction of sp³-hybridized carbons (Fsp3) is 0.324. The number of imidazole rings is 1. The van der Waals surface area contributed by atoms with Gasteiger partial charge in [0.05, 0.1) is 16.6 Å². The van der Waals surface area contributed by atoms with E-state index in [1.165, 1.54) is 22.9 Å². The standard InChI is InChI=1S/C34H35ClN6O4S/c1-37-17-14-27(15-18-37)38-19-21-39(22-20-38)33(42)32(25-7-3-2-4-8-25)40-28-13-12-26(35)23-29(28)41(34(40)43)46(44,45)30-11-5-9-24-10-6-16-36-31(24)30/h2-13,16,23,27,32H,14-15,17-22H2,1H3. The van der Waals surface area contributed by atoms with Gasteiger partial charge in [0.15, 0.2) is 0 Å².